The third-order valence-electron chi connectivity index (χ3n) is 3.92. The maximum Gasteiger partial charge on any atom is 0.227 e. The van der Waals surface area contributed by atoms with Crippen LogP contribution in [-0.2, 0) is 0 Å². The van der Waals surface area contributed by atoms with E-state index in [1.54, 1.807) is 18.3 Å². The number of nitrogens with zero attached hydrogens (tertiary/aromatic N) is 3. The number of rotatable bonds is 6. The van der Waals surface area contributed by atoms with Gasteiger partial charge in [0.15, 0.2) is 5.78 Å². The zero-order valence-electron chi connectivity index (χ0n) is 18.1. The highest BCUT2D eigenvalue weighted by molar-refractivity contribution is 6.35. The van der Waals surface area contributed by atoms with Crippen LogP contribution in [-0.4, -0.2) is 26.9 Å². The zero-order valence-corrected chi connectivity index (χ0v) is 18.8. The number of aromatic amines is 1. The fourth-order valence-corrected chi connectivity index (χ4v) is 2.90. The number of fused-ring (bicyclic) bond motifs is 1. The Morgan fingerprint density at radius 1 is 1.27 bits per heavy atom. The van der Waals surface area contributed by atoms with Crippen LogP contribution in [0.4, 0.5) is 11.6 Å². The van der Waals surface area contributed by atoms with Gasteiger partial charge in [-0.2, -0.15) is 0 Å². The van der Waals surface area contributed by atoms with Crippen molar-refractivity contribution < 1.29 is 4.79 Å². The number of ketones is 1. The predicted molar refractivity (Wildman–Crippen MR) is 127 cm³/mol. The van der Waals surface area contributed by atoms with Crippen molar-refractivity contribution in [3.05, 3.63) is 52.9 Å². The molecule has 0 spiro atoms. The fourth-order valence-electron chi connectivity index (χ4n) is 2.63. The van der Waals surface area contributed by atoms with Gasteiger partial charge in [-0.1, -0.05) is 44.9 Å². The normalized spacial score (nSPS) is 11.5. The molecule has 0 atom stereocenters. The van der Waals surface area contributed by atoms with Crippen LogP contribution in [0, 0.1) is 0 Å². The molecule has 0 fully saturated rings. The summed E-state index contributed by atoms with van der Waals surface area (Å²) in [5, 5.41) is 4.52. The number of halogens is 1. The average molecular weight is 426 g/mol. The number of nitrogens with one attached hydrogen (secondary N) is 2. The Kier molecular flexibility index (Phi) is 8.74. The molecular formula is C23H28ClN5O. The van der Waals surface area contributed by atoms with Crippen LogP contribution in [0.1, 0.15) is 63.6 Å². The molecule has 6 nitrogen and oxygen atoms in total. The molecule has 2 N–H and O–H groups in total. The maximum atomic E-state index is 11.6. The predicted octanol–water partition coefficient (Wildman–Crippen LogP) is 6.82. The highest BCUT2D eigenvalue weighted by Gasteiger charge is 2.10. The van der Waals surface area contributed by atoms with E-state index in [4.69, 9.17) is 11.6 Å². The molecule has 0 bridgehead atoms. The number of allylic oxidation sites excluding steroid dienone is 1. The second-order valence-electron chi connectivity index (χ2n) is 6.65. The van der Waals surface area contributed by atoms with E-state index in [2.05, 4.69) is 39.1 Å². The molecule has 0 aliphatic heterocycles. The molecule has 0 saturated heterocycles. The van der Waals surface area contributed by atoms with Gasteiger partial charge in [-0.3, -0.25) is 9.79 Å². The minimum absolute atomic E-state index is 0.0423. The number of hydrogen-bond donors (Lipinski definition) is 2. The maximum absolute atomic E-state index is 11.6. The number of benzene rings is 1. The topological polar surface area (TPSA) is 83.0 Å². The van der Waals surface area contributed by atoms with Crippen molar-refractivity contribution in [1.29, 1.82) is 0 Å². The third kappa shape index (κ3) is 6.00. The Morgan fingerprint density at radius 3 is 2.63 bits per heavy atom. The number of carbonyl (C=O) groups excluding carboxylic acids is 1. The smallest absolute Gasteiger partial charge is 0.227 e. The first-order chi connectivity index (χ1) is 14.4. The van der Waals surface area contributed by atoms with Gasteiger partial charge in [0.05, 0.1) is 27.6 Å². The van der Waals surface area contributed by atoms with E-state index in [1.807, 2.05) is 38.3 Å². The molecule has 30 heavy (non-hydrogen) atoms. The second-order valence-corrected chi connectivity index (χ2v) is 7.06. The van der Waals surface area contributed by atoms with Crippen molar-refractivity contribution in [2.24, 2.45) is 4.99 Å². The van der Waals surface area contributed by atoms with Gasteiger partial charge in [0.25, 0.3) is 0 Å². The molecule has 3 rings (SSSR count). The summed E-state index contributed by atoms with van der Waals surface area (Å²) in [6.07, 6.45) is 7.53. The summed E-state index contributed by atoms with van der Waals surface area (Å²) in [5.74, 6) is 0.399. The lowest BCUT2D eigenvalue weighted by molar-refractivity contribution is 0.101. The molecule has 2 aromatic heterocycles. The molecule has 0 unspecified atom stereocenters. The van der Waals surface area contributed by atoms with Gasteiger partial charge in [-0.15, -0.1) is 0 Å². The quantitative estimate of drug-likeness (QED) is 0.335. The Balaban J connectivity index is 0.00000101. The molecule has 0 aliphatic carbocycles. The minimum atomic E-state index is -0.0423. The summed E-state index contributed by atoms with van der Waals surface area (Å²) in [6.45, 7) is 9.71. The molecule has 0 saturated carbocycles. The van der Waals surface area contributed by atoms with E-state index in [0.29, 0.717) is 16.7 Å². The van der Waals surface area contributed by atoms with E-state index in [-0.39, 0.29) is 5.78 Å². The van der Waals surface area contributed by atoms with Crippen molar-refractivity contribution in [3.63, 3.8) is 0 Å². The van der Waals surface area contributed by atoms with E-state index < -0.39 is 0 Å². The first-order valence-corrected chi connectivity index (χ1v) is 10.4. The molecule has 0 radical (unpaired) electrons. The van der Waals surface area contributed by atoms with Crippen LogP contribution in [0.15, 0.2) is 41.5 Å². The van der Waals surface area contributed by atoms with Crippen molar-refractivity contribution in [3.8, 4) is 0 Å². The van der Waals surface area contributed by atoms with E-state index >= 15 is 0 Å². The van der Waals surface area contributed by atoms with Crippen LogP contribution in [0.3, 0.4) is 0 Å². The molecule has 0 aliphatic rings. The van der Waals surface area contributed by atoms with Gasteiger partial charge in [0, 0.05) is 30.4 Å². The van der Waals surface area contributed by atoms with Crippen molar-refractivity contribution in [2.75, 3.05) is 5.32 Å². The van der Waals surface area contributed by atoms with Gasteiger partial charge in [-0.05, 0) is 37.6 Å². The first-order valence-electron chi connectivity index (χ1n) is 10.1. The van der Waals surface area contributed by atoms with Crippen molar-refractivity contribution >= 4 is 51.8 Å². The monoisotopic (exact) mass is 425 g/mol. The Morgan fingerprint density at radius 2 is 2.00 bits per heavy atom. The fraction of sp³-hybridized carbons (Fsp3) is 0.304. The molecular weight excluding hydrogens is 398 g/mol. The largest absolute Gasteiger partial charge is 0.351 e. The Labute approximate surface area is 182 Å². The lowest BCUT2D eigenvalue weighted by Gasteiger charge is -2.08. The van der Waals surface area contributed by atoms with Gasteiger partial charge < -0.3 is 10.3 Å². The number of hydrogen-bond acceptors (Lipinski definition) is 5. The number of carbonyl (C=O) groups is 1. The second kappa shape index (κ2) is 11.3. The summed E-state index contributed by atoms with van der Waals surface area (Å²) >= 11 is 6.36. The third-order valence-corrected chi connectivity index (χ3v) is 4.22. The Bertz CT molecular complexity index is 1070. The average Bonchev–Trinajstić information content (AvgIpc) is 3.15. The van der Waals surface area contributed by atoms with Crippen molar-refractivity contribution in [1.82, 2.24) is 15.0 Å². The molecule has 1 aromatic carbocycles. The summed E-state index contributed by atoms with van der Waals surface area (Å²) in [7, 11) is 0. The molecule has 0 amide bonds. The lowest BCUT2D eigenvalue weighted by Crippen LogP contribution is -1.99. The van der Waals surface area contributed by atoms with Gasteiger partial charge in [-0.25, -0.2) is 9.97 Å². The van der Waals surface area contributed by atoms with E-state index in [0.717, 1.165) is 34.4 Å². The number of anilines is 2. The van der Waals surface area contributed by atoms with E-state index in [1.165, 1.54) is 13.3 Å². The number of aliphatic imine (C=N–C) groups is 1. The van der Waals surface area contributed by atoms with E-state index in [9.17, 15) is 4.79 Å². The molecule has 2 heterocycles. The zero-order chi connectivity index (χ0) is 22.1. The SMILES string of the molecule is C/C=C(\N=CCC)c1ccnc(Nc2cc(Cl)c3[nH]c(C(C)=O)cc3c2)n1.CCC. The minimum Gasteiger partial charge on any atom is -0.351 e. The first kappa shape index (κ1) is 23.3. The molecule has 158 valence electrons. The summed E-state index contributed by atoms with van der Waals surface area (Å²) in [4.78, 5) is 27.8. The standard InChI is InChI=1S/C20H20ClN5O.C3H8/c1-4-7-22-16(5-2)17-6-8-23-20(26-17)24-14-9-13-10-18(12(3)27)25-19(13)15(21)11-14;1-3-2/h5-11,25H,4H2,1-3H3,(H,23,24,26);3H2,1-2H3/b16-5-,22-7?;. The van der Waals surface area contributed by atoms with Gasteiger partial charge in [0.1, 0.15) is 0 Å². The van der Waals surface area contributed by atoms with Crippen LogP contribution in [0.25, 0.3) is 16.6 Å². The summed E-state index contributed by atoms with van der Waals surface area (Å²) < 4.78 is 0. The number of H-pyrrole nitrogens is 1. The highest BCUT2D eigenvalue weighted by atomic mass is 35.5. The van der Waals surface area contributed by atoms with Crippen LogP contribution < -0.4 is 5.32 Å². The Hall–Kier alpha value is -2.99. The van der Waals surface area contributed by atoms with Crippen LogP contribution in [0.5, 0.6) is 0 Å². The van der Waals surface area contributed by atoms with Crippen molar-refractivity contribution in [2.45, 2.75) is 47.5 Å². The van der Waals surface area contributed by atoms with Crippen LogP contribution >= 0.6 is 11.6 Å². The summed E-state index contributed by atoms with van der Waals surface area (Å²) in [5.41, 5.74) is 3.50. The highest BCUT2D eigenvalue weighted by Crippen LogP contribution is 2.29. The van der Waals surface area contributed by atoms with Gasteiger partial charge in [0.2, 0.25) is 5.95 Å². The molecule has 3 aromatic rings. The van der Waals surface area contributed by atoms with Crippen LogP contribution in [0.2, 0.25) is 5.02 Å². The lowest BCUT2D eigenvalue weighted by atomic mass is 10.2. The number of Topliss-reactive ketones (excluding diaryl/α,β-unsaturated/α-hetero) is 1. The van der Waals surface area contributed by atoms with Gasteiger partial charge >= 0.3 is 0 Å². The molecule has 7 heteroatoms. The number of aromatic nitrogens is 3. The summed E-state index contributed by atoms with van der Waals surface area (Å²) in [6, 6.07) is 7.26.